The maximum atomic E-state index is 10.6. The number of hydrogen-bond acceptors (Lipinski definition) is 2. The topological polar surface area (TPSA) is 63.3 Å². The van der Waals surface area contributed by atoms with Gasteiger partial charge in [0, 0.05) is 0 Å². The Morgan fingerprint density at radius 2 is 1.75 bits per heavy atom. The molecule has 0 aromatic rings. The van der Waals surface area contributed by atoms with Gasteiger partial charge in [-0.05, 0) is 17.4 Å². The van der Waals surface area contributed by atoms with Crippen LogP contribution >= 0.6 is 0 Å². The minimum Gasteiger partial charge on any atom is -0.481 e. The molecule has 3 heteroatoms. The van der Waals surface area contributed by atoms with Gasteiger partial charge in [-0.15, -0.1) is 0 Å². The second-order valence-corrected chi connectivity index (χ2v) is 4.59. The van der Waals surface area contributed by atoms with Crippen molar-refractivity contribution in [1.29, 1.82) is 0 Å². The Kier molecular flexibility index (Phi) is 3.27. The summed E-state index contributed by atoms with van der Waals surface area (Å²) in [4.78, 5) is 10.6. The summed E-state index contributed by atoms with van der Waals surface area (Å²) in [5.41, 5.74) is 5.19. The van der Waals surface area contributed by atoms with Gasteiger partial charge in [0.2, 0.25) is 0 Å². The first kappa shape index (κ1) is 11.4. The van der Waals surface area contributed by atoms with Crippen LogP contribution in [0.5, 0.6) is 0 Å². The molecule has 1 atom stereocenters. The first-order valence-corrected chi connectivity index (χ1v) is 4.15. The summed E-state index contributed by atoms with van der Waals surface area (Å²) in [5.74, 6) is -0.780. The van der Waals surface area contributed by atoms with Crippen molar-refractivity contribution >= 4 is 5.97 Å². The maximum Gasteiger partial charge on any atom is 0.303 e. The van der Waals surface area contributed by atoms with E-state index >= 15 is 0 Å². The molecule has 0 aromatic heterocycles. The SMILES string of the molecule is CC(C)(C)C(C)(CN)CC(=O)O. The summed E-state index contributed by atoms with van der Waals surface area (Å²) >= 11 is 0. The molecule has 0 saturated carbocycles. The molecule has 0 amide bonds. The van der Waals surface area contributed by atoms with Crippen LogP contribution in [0.1, 0.15) is 34.1 Å². The van der Waals surface area contributed by atoms with Crippen LogP contribution in [0, 0.1) is 10.8 Å². The molecule has 0 aromatic carbocycles. The number of hydrogen-bond donors (Lipinski definition) is 2. The Morgan fingerprint density at radius 1 is 1.33 bits per heavy atom. The molecule has 0 aliphatic heterocycles. The molecule has 0 aliphatic carbocycles. The zero-order chi connectivity index (χ0) is 9.99. The van der Waals surface area contributed by atoms with E-state index in [1.165, 1.54) is 0 Å². The number of carbonyl (C=O) groups is 1. The molecule has 0 radical (unpaired) electrons. The van der Waals surface area contributed by atoms with Crippen LogP contribution in [-0.2, 0) is 4.79 Å². The van der Waals surface area contributed by atoms with Crippen molar-refractivity contribution in [2.75, 3.05) is 6.54 Å². The second-order valence-electron chi connectivity index (χ2n) is 4.59. The molecule has 1 unspecified atom stereocenters. The van der Waals surface area contributed by atoms with E-state index < -0.39 is 5.97 Å². The van der Waals surface area contributed by atoms with Crippen LogP contribution in [0.15, 0.2) is 0 Å². The first-order chi connectivity index (χ1) is 5.23. The largest absolute Gasteiger partial charge is 0.481 e. The third-order valence-electron chi connectivity index (χ3n) is 2.80. The standard InChI is InChI=1S/C9H19NO2/c1-8(2,3)9(4,6-10)5-7(11)12/h5-6,10H2,1-4H3,(H,11,12). The Balaban J connectivity index is 4.56. The van der Waals surface area contributed by atoms with Gasteiger partial charge >= 0.3 is 5.97 Å². The third kappa shape index (κ3) is 2.48. The summed E-state index contributed by atoms with van der Waals surface area (Å²) in [6.07, 6.45) is 0.132. The molecule has 0 fully saturated rings. The fourth-order valence-electron chi connectivity index (χ4n) is 0.977. The van der Waals surface area contributed by atoms with Gasteiger partial charge in [0.1, 0.15) is 0 Å². The Hall–Kier alpha value is -0.570. The van der Waals surface area contributed by atoms with E-state index in [1.807, 2.05) is 27.7 Å². The van der Waals surface area contributed by atoms with E-state index in [-0.39, 0.29) is 17.3 Å². The van der Waals surface area contributed by atoms with E-state index in [9.17, 15) is 4.79 Å². The highest BCUT2D eigenvalue weighted by Crippen LogP contribution is 2.40. The molecule has 0 bridgehead atoms. The van der Waals surface area contributed by atoms with E-state index in [0.717, 1.165) is 0 Å². The Labute approximate surface area is 74.0 Å². The van der Waals surface area contributed by atoms with Crippen LogP contribution < -0.4 is 5.73 Å². The molecule has 0 aliphatic rings. The summed E-state index contributed by atoms with van der Waals surface area (Å²) in [5, 5.41) is 8.69. The lowest BCUT2D eigenvalue weighted by atomic mass is 9.66. The quantitative estimate of drug-likeness (QED) is 0.679. The van der Waals surface area contributed by atoms with Crippen molar-refractivity contribution in [2.45, 2.75) is 34.1 Å². The normalized spacial score (nSPS) is 17.1. The minimum atomic E-state index is -0.780. The van der Waals surface area contributed by atoms with Crippen molar-refractivity contribution in [3.05, 3.63) is 0 Å². The van der Waals surface area contributed by atoms with Gasteiger partial charge in [0.05, 0.1) is 6.42 Å². The van der Waals surface area contributed by atoms with Crippen molar-refractivity contribution in [3.8, 4) is 0 Å². The van der Waals surface area contributed by atoms with Gasteiger partial charge in [-0.1, -0.05) is 27.7 Å². The van der Waals surface area contributed by atoms with Gasteiger partial charge < -0.3 is 10.8 Å². The van der Waals surface area contributed by atoms with Gasteiger partial charge in [0.15, 0.2) is 0 Å². The van der Waals surface area contributed by atoms with Crippen molar-refractivity contribution in [1.82, 2.24) is 0 Å². The average molecular weight is 173 g/mol. The highest BCUT2D eigenvalue weighted by Gasteiger charge is 2.37. The summed E-state index contributed by atoms with van der Waals surface area (Å²) < 4.78 is 0. The highest BCUT2D eigenvalue weighted by molar-refractivity contribution is 5.67. The molecule has 0 spiro atoms. The molecule has 3 N–H and O–H groups in total. The molecular weight excluding hydrogens is 154 g/mol. The van der Waals surface area contributed by atoms with Crippen molar-refractivity contribution in [3.63, 3.8) is 0 Å². The Bertz CT molecular complexity index is 172. The molecule has 12 heavy (non-hydrogen) atoms. The summed E-state index contributed by atoms with van der Waals surface area (Å²) in [7, 11) is 0. The number of nitrogens with two attached hydrogens (primary N) is 1. The molecule has 3 nitrogen and oxygen atoms in total. The lowest BCUT2D eigenvalue weighted by Crippen LogP contribution is -2.41. The van der Waals surface area contributed by atoms with Crippen LogP contribution in [0.4, 0.5) is 0 Å². The van der Waals surface area contributed by atoms with Gasteiger partial charge in [-0.25, -0.2) is 0 Å². The fraction of sp³-hybridized carbons (Fsp3) is 0.889. The lowest BCUT2D eigenvalue weighted by Gasteiger charge is -2.40. The minimum absolute atomic E-state index is 0.0693. The van der Waals surface area contributed by atoms with Crippen LogP contribution in [-0.4, -0.2) is 17.6 Å². The van der Waals surface area contributed by atoms with Crippen molar-refractivity contribution < 1.29 is 9.90 Å². The van der Waals surface area contributed by atoms with Crippen LogP contribution in [0.25, 0.3) is 0 Å². The fourth-order valence-corrected chi connectivity index (χ4v) is 0.977. The zero-order valence-corrected chi connectivity index (χ0v) is 8.35. The first-order valence-electron chi connectivity index (χ1n) is 4.15. The Morgan fingerprint density at radius 3 is 1.83 bits per heavy atom. The molecule has 0 heterocycles. The number of carboxylic acid groups (broad SMARTS) is 1. The van der Waals surface area contributed by atoms with Gasteiger partial charge in [-0.3, -0.25) is 4.79 Å². The summed E-state index contributed by atoms with van der Waals surface area (Å²) in [6.45, 7) is 8.37. The average Bonchev–Trinajstić information content (AvgIpc) is 1.83. The molecule has 0 saturated heterocycles. The van der Waals surface area contributed by atoms with Crippen LogP contribution in [0.2, 0.25) is 0 Å². The number of carboxylic acids is 1. The van der Waals surface area contributed by atoms with Crippen LogP contribution in [0.3, 0.4) is 0 Å². The smallest absolute Gasteiger partial charge is 0.303 e. The zero-order valence-electron chi connectivity index (χ0n) is 8.35. The highest BCUT2D eigenvalue weighted by atomic mass is 16.4. The van der Waals surface area contributed by atoms with Gasteiger partial charge in [-0.2, -0.15) is 0 Å². The third-order valence-corrected chi connectivity index (χ3v) is 2.80. The van der Waals surface area contributed by atoms with E-state index in [1.54, 1.807) is 0 Å². The monoisotopic (exact) mass is 173 g/mol. The van der Waals surface area contributed by atoms with E-state index in [4.69, 9.17) is 10.8 Å². The van der Waals surface area contributed by atoms with E-state index in [0.29, 0.717) is 6.54 Å². The predicted octanol–water partition coefficient (Wildman–Crippen LogP) is 1.47. The maximum absolute atomic E-state index is 10.6. The number of rotatable bonds is 3. The summed E-state index contributed by atoms with van der Waals surface area (Å²) in [6, 6.07) is 0. The molecule has 0 rings (SSSR count). The molecule has 72 valence electrons. The second kappa shape index (κ2) is 3.44. The van der Waals surface area contributed by atoms with E-state index in [2.05, 4.69) is 0 Å². The van der Waals surface area contributed by atoms with Crippen molar-refractivity contribution in [2.24, 2.45) is 16.6 Å². The van der Waals surface area contributed by atoms with Gasteiger partial charge in [0.25, 0.3) is 0 Å². The molecular formula is C9H19NO2. The predicted molar refractivity (Wildman–Crippen MR) is 48.9 cm³/mol. The number of aliphatic carboxylic acids is 1. The lowest BCUT2D eigenvalue weighted by molar-refractivity contribution is -0.141.